The third-order valence-electron chi connectivity index (χ3n) is 1.98. The average molecular weight is 292 g/mol. The van der Waals surface area contributed by atoms with E-state index < -0.39 is 11.7 Å². The minimum atomic E-state index is -4.51. The van der Waals surface area contributed by atoms with Gasteiger partial charge < -0.3 is 5.73 Å². The van der Waals surface area contributed by atoms with Crippen LogP contribution in [-0.4, -0.2) is 12.0 Å². The third kappa shape index (κ3) is 3.93. The summed E-state index contributed by atoms with van der Waals surface area (Å²) in [6, 6.07) is 2.45. The first-order chi connectivity index (χ1) is 8.75. The van der Waals surface area contributed by atoms with Crippen LogP contribution >= 0.6 is 11.6 Å². The molecule has 0 aliphatic heterocycles. The zero-order valence-corrected chi connectivity index (χ0v) is 10.4. The second-order valence-electron chi connectivity index (χ2n) is 3.43. The van der Waals surface area contributed by atoms with Gasteiger partial charge in [-0.05, 0) is 6.07 Å². The Hall–Kier alpha value is -2.14. The van der Waals surface area contributed by atoms with Crippen molar-refractivity contribution in [2.45, 2.75) is 6.18 Å². The number of hydrogen-bond acceptors (Lipinski definition) is 5. The van der Waals surface area contributed by atoms with Crippen molar-refractivity contribution in [3.63, 3.8) is 0 Å². The molecule has 0 aliphatic rings. The molecule has 0 atom stereocenters. The van der Waals surface area contributed by atoms with Crippen LogP contribution in [0.4, 0.5) is 19.0 Å². The Labute approximate surface area is 112 Å². The Kier molecular flexibility index (Phi) is 4.45. The Balaban J connectivity index is 2.98. The van der Waals surface area contributed by atoms with Crippen molar-refractivity contribution in [3.05, 3.63) is 34.7 Å². The Morgan fingerprint density at radius 2 is 2.26 bits per heavy atom. The Morgan fingerprint density at radius 3 is 2.74 bits per heavy atom. The van der Waals surface area contributed by atoms with Crippen LogP contribution in [0.25, 0.3) is 0 Å². The second kappa shape index (κ2) is 5.67. The number of alkyl halides is 3. The third-order valence-corrected chi connectivity index (χ3v) is 2.26. The van der Waals surface area contributed by atoms with Gasteiger partial charge in [0.15, 0.2) is 5.82 Å². The summed E-state index contributed by atoms with van der Waals surface area (Å²) in [5.41, 5.74) is 6.98. The topological polar surface area (TPSA) is 78.0 Å². The zero-order valence-electron chi connectivity index (χ0n) is 9.66. The highest BCUT2D eigenvalue weighted by Crippen LogP contribution is 2.32. The van der Waals surface area contributed by atoms with E-state index in [0.717, 1.165) is 12.1 Å². The number of hydrogen-bond donors (Lipinski definition) is 2. The number of hydrazine groups is 1. The fourth-order valence-corrected chi connectivity index (χ4v) is 1.47. The molecule has 0 bridgehead atoms. The predicted octanol–water partition coefficient (Wildman–Crippen LogP) is 2.02. The van der Waals surface area contributed by atoms with Gasteiger partial charge in [0, 0.05) is 13.2 Å². The summed E-state index contributed by atoms with van der Waals surface area (Å²) in [7, 11) is 1.44. The number of rotatable bonds is 3. The van der Waals surface area contributed by atoms with Crippen LogP contribution in [0.15, 0.2) is 24.2 Å². The molecule has 1 rings (SSSR count). The molecule has 1 heterocycles. The lowest BCUT2D eigenvalue weighted by atomic mass is 10.3. The van der Waals surface area contributed by atoms with Crippen LogP contribution in [0.1, 0.15) is 5.56 Å². The van der Waals surface area contributed by atoms with Crippen LogP contribution in [0.3, 0.4) is 0 Å². The molecule has 0 unspecified atom stereocenters. The molecule has 102 valence electrons. The van der Waals surface area contributed by atoms with Gasteiger partial charge in [0.2, 0.25) is 0 Å². The van der Waals surface area contributed by atoms with Crippen molar-refractivity contribution >= 4 is 17.4 Å². The van der Waals surface area contributed by atoms with E-state index in [1.807, 2.05) is 0 Å². The first-order valence-electron chi connectivity index (χ1n) is 4.84. The summed E-state index contributed by atoms with van der Waals surface area (Å²) in [6.45, 7) is 0. The van der Waals surface area contributed by atoms with E-state index in [-0.39, 0.29) is 16.7 Å². The van der Waals surface area contributed by atoms with Gasteiger partial charge in [0.25, 0.3) is 0 Å². The standard InChI is InChI=1S/C10H9ClF3N5/c1-19(18-8(16)2-3-15)9-7(11)4-6(5-17-9)10(12,13)14/h2,4-5,18H,16H2,1H3/b8-2+. The molecule has 0 saturated carbocycles. The average Bonchev–Trinajstić information content (AvgIpc) is 2.27. The Bertz CT molecular complexity index is 535. The number of aromatic nitrogens is 1. The highest BCUT2D eigenvalue weighted by atomic mass is 35.5. The number of allylic oxidation sites excluding steroid dienone is 1. The molecular formula is C10H9ClF3N5. The summed E-state index contributed by atoms with van der Waals surface area (Å²) in [6.07, 6.45) is -2.83. The van der Waals surface area contributed by atoms with Crippen molar-refractivity contribution in [1.29, 1.82) is 5.26 Å². The Morgan fingerprint density at radius 1 is 1.63 bits per heavy atom. The van der Waals surface area contributed by atoms with Gasteiger partial charge in [-0.15, -0.1) is 0 Å². The quantitative estimate of drug-likeness (QED) is 0.658. The van der Waals surface area contributed by atoms with E-state index in [2.05, 4.69) is 10.4 Å². The number of halogens is 4. The molecular weight excluding hydrogens is 283 g/mol. The molecule has 0 aliphatic carbocycles. The summed E-state index contributed by atoms with van der Waals surface area (Å²) in [5, 5.41) is 9.37. The number of anilines is 1. The first-order valence-corrected chi connectivity index (χ1v) is 5.22. The summed E-state index contributed by atoms with van der Waals surface area (Å²) < 4.78 is 37.3. The molecule has 0 aromatic carbocycles. The zero-order chi connectivity index (χ0) is 14.6. The molecule has 0 amide bonds. The van der Waals surface area contributed by atoms with Gasteiger partial charge in [-0.2, -0.15) is 18.4 Å². The maximum absolute atomic E-state index is 12.4. The van der Waals surface area contributed by atoms with Gasteiger partial charge in [0.1, 0.15) is 5.82 Å². The van der Waals surface area contributed by atoms with E-state index in [4.69, 9.17) is 22.6 Å². The minimum Gasteiger partial charge on any atom is -0.384 e. The van der Waals surface area contributed by atoms with Crippen LogP contribution in [0.5, 0.6) is 0 Å². The molecule has 3 N–H and O–H groups in total. The smallest absolute Gasteiger partial charge is 0.384 e. The van der Waals surface area contributed by atoms with Crippen LogP contribution in [0.2, 0.25) is 5.02 Å². The normalized spacial score (nSPS) is 11.9. The SMILES string of the molecule is CN(N/C(N)=C/C#N)c1ncc(C(F)(F)F)cc1Cl. The second-order valence-corrected chi connectivity index (χ2v) is 3.83. The first kappa shape index (κ1) is 14.9. The van der Waals surface area contributed by atoms with Crippen LogP contribution in [-0.2, 0) is 6.18 Å². The summed E-state index contributed by atoms with van der Waals surface area (Å²) >= 11 is 5.72. The van der Waals surface area contributed by atoms with E-state index in [9.17, 15) is 13.2 Å². The molecule has 0 radical (unpaired) electrons. The number of pyridine rings is 1. The number of nitrogens with zero attached hydrogens (tertiary/aromatic N) is 3. The fraction of sp³-hybridized carbons (Fsp3) is 0.200. The van der Waals surface area contributed by atoms with Crippen molar-refractivity contribution in [2.75, 3.05) is 12.1 Å². The number of nitriles is 1. The molecule has 9 heteroatoms. The highest BCUT2D eigenvalue weighted by Gasteiger charge is 2.31. The summed E-state index contributed by atoms with van der Waals surface area (Å²) in [5.74, 6) is 0.0479. The van der Waals surface area contributed by atoms with Crippen LogP contribution in [0, 0.1) is 11.3 Å². The van der Waals surface area contributed by atoms with Crippen molar-refractivity contribution < 1.29 is 13.2 Å². The lowest BCUT2D eigenvalue weighted by Gasteiger charge is -2.21. The molecule has 0 spiro atoms. The molecule has 5 nitrogen and oxygen atoms in total. The minimum absolute atomic E-state index is 0.00256. The summed E-state index contributed by atoms with van der Waals surface area (Å²) in [4.78, 5) is 3.60. The fourth-order valence-electron chi connectivity index (χ4n) is 1.18. The maximum Gasteiger partial charge on any atom is 0.417 e. The van der Waals surface area contributed by atoms with E-state index in [0.29, 0.717) is 6.20 Å². The molecule has 1 aromatic rings. The molecule has 19 heavy (non-hydrogen) atoms. The lowest BCUT2D eigenvalue weighted by Crippen LogP contribution is -2.37. The van der Waals surface area contributed by atoms with Gasteiger partial charge in [-0.1, -0.05) is 11.6 Å². The van der Waals surface area contributed by atoms with E-state index >= 15 is 0 Å². The van der Waals surface area contributed by atoms with Gasteiger partial charge in [0.05, 0.1) is 22.7 Å². The van der Waals surface area contributed by atoms with Crippen molar-refractivity contribution in [2.24, 2.45) is 5.73 Å². The van der Waals surface area contributed by atoms with E-state index in [1.165, 1.54) is 12.1 Å². The predicted molar refractivity (Wildman–Crippen MR) is 63.7 cm³/mol. The molecule has 1 aromatic heterocycles. The number of nitrogens with two attached hydrogens (primary N) is 1. The molecule has 0 fully saturated rings. The van der Waals surface area contributed by atoms with Crippen LogP contribution < -0.4 is 16.2 Å². The largest absolute Gasteiger partial charge is 0.417 e. The monoisotopic (exact) mass is 291 g/mol. The van der Waals surface area contributed by atoms with Gasteiger partial charge >= 0.3 is 6.18 Å². The van der Waals surface area contributed by atoms with Crippen molar-refractivity contribution in [3.8, 4) is 6.07 Å². The van der Waals surface area contributed by atoms with Gasteiger partial charge in [-0.3, -0.25) is 10.4 Å². The number of nitrogens with one attached hydrogen (secondary N) is 1. The van der Waals surface area contributed by atoms with E-state index in [1.54, 1.807) is 6.07 Å². The van der Waals surface area contributed by atoms with Gasteiger partial charge in [-0.25, -0.2) is 4.98 Å². The lowest BCUT2D eigenvalue weighted by molar-refractivity contribution is -0.137. The highest BCUT2D eigenvalue weighted by molar-refractivity contribution is 6.33. The van der Waals surface area contributed by atoms with Crippen molar-refractivity contribution in [1.82, 2.24) is 10.4 Å². The molecule has 0 saturated heterocycles. The maximum atomic E-state index is 12.4.